The standard InChI is InChI=1S/C45H36N6O10/c46-40(53)35-37-41(54)61-38(29-11-5-2-6-12-29)36(28-9-3-1-4-10-28)50(37)39(30-16-20-32(52)21-17-30)45(35)33-24-26(8-7-23-48-43(47)56)15-22-34(33)49(42(45)55)44(57)60-25-27-13-18-31(19-14-27)51(58)59/h1-6,9-22,24,35-39,52H,23,25H2,(H2,46,53)(H3,47,48,56)/t35-,36-,37-,38+,39+,45-/m1/s1. The third-order valence-corrected chi connectivity index (χ3v) is 11.2. The zero-order valence-corrected chi connectivity index (χ0v) is 32.0. The van der Waals surface area contributed by atoms with E-state index in [1.807, 2.05) is 36.4 Å². The van der Waals surface area contributed by atoms with Gasteiger partial charge in [0.1, 0.15) is 29.9 Å². The van der Waals surface area contributed by atoms with E-state index in [0.717, 1.165) is 4.90 Å². The van der Waals surface area contributed by atoms with Gasteiger partial charge in [-0.1, -0.05) is 84.6 Å². The number of phenols is 1. The molecule has 2 fully saturated rings. The van der Waals surface area contributed by atoms with Crippen molar-refractivity contribution in [2.75, 3.05) is 11.4 Å². The number of primary amides is 2. The zero-order valence-electron chi connectivity index (χ0n) is 32.0. The normalized spacial score (nSPS) is 22.6. The van der Waals surface area contributed by atoms with Crippen LogP contribution >= 0.6 is 0 Å². The molecule has 3 heterocycles. The largest absolute Gasteiger partial charge is 0.508 e. The fraction of sp³-hybridized carbons (Fsp3) is 0.178. The molecule has 306 valence electrons. The molecule has 3 aliphatic heterocycles. The Labute approximate surface area is 347 Å². The molecular formula is C45H36N6O10. The van der Waals surface area contributed by atoms with E-state index < -0.39 is 77.0 Å². The molecule has 0 unspecified atom stereocenters. The third-order valence-electron chi connectivity index (χ3n) is 11.2. The Morgan fingerprint density at radius 1 is 0.852 bits per heavy atom. The van der Waals surface area contributed by atoms with Crippen LogP contribution in [0.2, 0.25) is 0 Å². The molecule has 0 aliphatic carbocycles. The van der Waals surface area contributed by atoms with Gasteiger partial charge in [-0.3, -0.25) is 29.4 Å². The zero-order chi connectivity index (χ0) is 43.0. The summed E-state index contributed by atoms with van der Waals surface area (Å²) in [6.45, 7) is -0.519. The van der Waals surface area contributed by atoms with E-state index in [2.05, 4.69) is 17.2 Å². The van der Waals surface area contributed by atoms with Crippen LogP contribution in [0.5, 0.6) is 5.75 Å². The number of imide groups is 1. The number of non-ortho nitro benzene ring substituents is 1. The van der Waals surface area contributed by atoms with E-state index >= 15 is 4.79 Å². The van der Waals surface area contributed by atoms with Gasteiger partial charge in [0, 0.05) is 17.7 Å². The van der Waals surface area contributed by atoms with Crippen LogP contribution in [0.4, 0.5) is 21.0 Å². The van der Waals surface area contributed by atoms with Gasteiger partial charge in [0.05, 0.1) is 35.2 Å². The number of nitrogens with zero attached hydrogens (tertiary/aromatic N) is 3. The highest BCUT2D eigenvalue weighted by Gasteiger charge is 2.75. The number of nitrogens with one attached hydrogen (secondary N) is 1. The van der Waals surface area contributed by atoms with Crippen molar-refractivity contribution in [3.8, 4) is 17.6 Å². The maximum absolute atomic E-state index is 15.8. The maximum Gasteiger partial charge on any atom is 0.421 e. The number of nitrogens with two attached hydrogens (primary N) is 2. The number of nitro benzene ring substituents is 1. The summed E-state index contributed by atoms with van der Waals surface area (Å²) in [7, 11) is 0. The molecule has 0 radical (unpaired) electrons. The summed E-state index contributed by atoms with van der Waals surface area (Å²) < 4.78 is 12.0. The van der Waals surface area contributed by atoms with Crippen molar-refractivity contribution in [3.63, 3.8) is 0 Å². The van der Waals surface area contributed by atoms with Crippen molar-refractivity contribution in [1.29, 1.82) is 0 Å². The predicted octanol–water partition coefficient (Wildman–Crippen LogP) is 4.81. The molecule has 0 aromatic heterocycles. The SMILES string of the molecule is NC(=O)NCC#Cc1ccc2c(c1)[C@]1(C(=O)N2C(=O)OCc2ccc([N+](=O)[O-])cc2)[C@H](c2ccc(O)cc2)N2[C@H](c3ccccc3)[C@H](c3ccccc3)OC(=O)[C@H]2[C@@H]1C(N)=O. The van der Waals surface area contributed by atoms with E-state index in [-0.39, 0.29) is 29.2 Å². The van der Waals surface area contributed by atoms with Crippen molar-refractivity contribution in [2.24, 2.45) is 17.4 Å². The molecule has 5 amide bonds. The molecule has 2 saturated heterocycles. The summed E-state index contributed by atoms with van der Waals surface area (Å²) in [4.78, 5) is 83.9. The van der Waals surface area contributed by atoms with Gasteiger partial charge in [-0.25, -0.2) is 14.5 Å². The average Bonchev–Trinajstić information content (AvgIpc) is 3.71. The summed E-state index contributed by atoms with van der Waals surface area (Å²) in [5, 5.41) is 24.1. The number of anilines is 1. The minimum absolute atomic E-state index is 0.0126. The van der Waals surface area contributed by atoms with E-state index in [1.54, 1.807) is 41.3 Å². The van der Waals surface area contributed by atoms with Crippen molar-refractivity contribution in [2.45, 2.75) is 36.3 Å². The highest BCUT2D eigenvalue weighted by molar-refractivity contribution is 6.23. The topological polar surface area (TPSA) is 238 Å². The smallest absolute Gasteiger partial charge is 0.421 e. The number of fused-ring (bicyclic) bond motifs is 3. The lowest BCUT2D eigenvalue weighted by Gasteiger charge is -2.46. The second-order valence-electron chi connectivity index (χ2n) is 14.6. The molecule has 3 aliphatic rings. The van der Waals surface area contributed by atoms with Gasteiger partial charge in [0.15, 0.2) is 0 Å². The number of hydrogen-bond acceptors (Lipinski definition) is 11. The number of ether oxygens (including phenoxy) is 2. The first-order valence-corrected chi connectivity index (χ1v) is 19.0. The number of phenolic OH excluding ortho intramolecular Hbond substituents is 1. The summed E-state index contributed by atoms with van der Waals surface area (Å²) >= 11 is 0. The summed E-state index contributed by atoms with van der Waals surface area (Å²) in [6.07, 6.45) is -2.11. The number of rotatable bonds is 8. The number of hydrogen-bond donors (Lipinski definition) is 4. The number of esters is 1. The molecule has 0 bridgehead atoms. The molecule has 16 nitrogen and oxygen atoms in total. The van der Waals surface area contributed by atoms with Gasteiger partial charge in [-0.15, -0.1) is 0 Å². The van der Waals surface area contributed by atoms with Crippen LogP contribution in [0.25, 0.3) is 0 Å². The van der Waals surface area contributed by atoms with Gasteiger partial charge in [0.2, 0.25) is 11.8 Å². The van der Waals surface area contributed by atoms with Gasteiger partial charge < -0.3 is 31.4 Å². The minimum Gasteiger partial charge on any atom is -0.508 e. The number of aromatic hydroxyl groups is 1. The molecule has 61 heavy (non-hydrogen) atoms. The van der Waals surface area contributed by atoms with Crippen LogP contribution in [0.3, 0.4) is 0 Å². The molecule has 0 saturated carbocycles. The van der Waals surface area contributed by atoms with Gasteiger partial charge in [0.25, 0.3) is 5.69 Å². The number of carbonyl (C=O) groups is 5. The lowest BCUT2D eigenvalue weighted by atomic mass is 9.65. The van der Waals surface area contributed by atoms with E-state index in [9.17, 15) is 34.4 Å². The molecule has 8 rings (SSSR count). The molecular weight excluding hydrogens is 785 g/mol. The summed E-state index contributed by atoms with van der Waals surface area (Å²) in [6, 6.07) is 29.5. The predicted molar refractivity (Wildman–Crippen MR) is 217 cm³/mol. The number of morpholine rings is 1. The fourth-order valence-corrected chi connectivity index (χ4v) is 8.85. The quantitative estimate of drug-likeness (QED) is 0.0717. The Balaban J connectivity index is 1.36. The second-order valence-corrected chi connectivity index (χ2v) is 14.6. The van der Waals surface area contributed by atoms with Crippen molar-refractivity contribution < 1.29 is 43.5 Å². The number of amides is 5. The monoisotopic (exact) mass is 820 g/mol. The Morgan fingerprint density at radius 2 is 1.51 bits per heavy atom. The van der Waals surface area contributed by atoms with Crippen LogP contribution in [0.1, 0.15) is 51.6 Å². The van der Waals surface area contributed by atoms with Crippen LogP contribution in [0.15, 0.2) is 127 Å². The molecule has 16 heteroatoms. The fourth-order valence-electron chi connectivity index (χ4n) is 8.85. The van der Waals surface area contributed by atoms with Crippen LogP contribution < -0.4 is 21.7 Å². The highest BCUT2D eigenvalue weighted by atomic mass is 16.6. The Morgan fingerprint density at radius 3 is 2.13 bits per heavy atom. The first kappa shape index (κ1) is 39.8. The van der Waals surface area contributed by atoms with E-state index in [4.69, 9.17) is 20.9 Å². The Hall–Kier alpha value is -8.03. The Bertz CT molecular complexity index is 2630. The molecule has 1 spiro atoms. The van der Waals surface area contributed by atoms with Gasteiger partial charge in [-0.05, 0) is 70.3 Å². The van der Waals surface area contributed by atoms with Crippen LogP contribution in [-0.4, -0.2) is 57.4 Å². The number of carbonyl (C=O) groups excluding carboxylic acids is 5. The number of cyclic esters (lactones) is 1. The van der Waals surface area contributed by atoms with E-state index in [0.29, 0.717) is 27.8 Å². The van der Waals surface area contributed by atoms with Gasteiger partial charge in [-0.2, -0.15) is 0 Å². The first-order chi connectivity index (χ1) is 29.4. The first-order valence-electron chi connectivity index (χ1n) is 19.0. The van der Waals surface area contributed by atoms with Crippen LogP contribution in [-0.2, 0) is 35.9 Å². The van der Waals surface area contributed by atoms with Crippen LogP contribution in [0, 0.1) is 27.9 Å². The number of urea groups is 1. The molecule has 6 N–H and O–H groups in total. The maximum atomic E-state index is 15.8. The molecule has 5 aromatic carbocycles. The highest BCUT2D eigenvalue weighted by Crippen LogP contribution is 2.65. The number of benzene rings is 5. The third kappa shape index (κ3) is 6.92. The van der Waals surface area contributed by atoms with E-state index in [1.165, 1.54) is 54.6 Å². The lowest BCUT2D eigenvalue weighted by molar-refractivity contribution is -0.384. The average molecular weight is 821 g/mol. The van der Waals surface area contributed by atoms with Crippen molar-refractivity contribution in [3.05, 3.63) is 171 Å². The lowest BCUT2D eigenvalue weighted by Crippen LogP contribution is -2.55. The number of nitro groups is 1. The molecule has 6 atom stereocenters. The second kappa shape index (κ2) is 16.0. The van der Waals surface area contributed by atoms with Crippen molar-refractivity contribution >= 4 is 41.3 Å². The Kier molecular flexibility index (Phi) is 10.4. The summed E-state index contributed by atoms with van der Waals surface area (Å²) in [5.41, 5.74) is 11.7. The van der Waals surface area contributed by atoms with Crippen molar-refractivity contribution in [1.82, 2.24) is 10.2 Å². The summed E-state index contributed by atoms with van der Waals surface area (Å²) in [5.74, 6) is 1.11. The minimum atomic E-state index is -2.16. The molecule has 5 aromatic rings. The van der Waals surface area contributed by atoms with Gasteiger partial charge >= 0.3 is 18.1 Å².